The zero-order valence-corrected chi connectivity index (χ0v) is 13.3. The third kappa shape index (κ3) is 4.08. The first-order valence-corrected chi connectivity index (χ1v) is 7.49. The molecule has 1 aliphatic rings. The Morgan fingerprint density at radius 3 is 2.84 bits per heavy atom. The highest BCUT2D eigenvalue weighted by atomic mass is 35.5. The van der Waals surface area contributed by atoms with Crippen LogP contribution in [0.15, 0.2) is 29.7 Å². The van der Waals surface area contributed by atoms with Crippen molar-refractivity contribution in [2.75, 3.05) is 17.6 Å². The van der Waals surface area contributed by atoms with Gasteiger partial charge in [0.2, 0.25) is 5.95 Å². The van der Waals surface area contributed by atoms with Crippen LogP contribution in [0.2, 0.25) is 5.02 Å². The second kappa shape index (κ2) is 6.71. The minimum absolute atomic E-state index is 0.127. The van der Waals surface area contributed by atoms with E-state index in [2.05, 4.69) is 25.4 Å². The standard InChI is InChI=1S/C14H12ClF3N6O/c15-9-3-7(14(16,17)18)5-21-12(9)22-6-8-4-11(24-25-8)10-1-2-20-13(19)23-10/h1-3,5,8H,4,6H2,(H,21,22)(H2,19,20,23). The fraction of sp³-hybridized carbons (Fsp3) is 0.286. The van der Waals surface area contributed by atoms with Crippen LogP contribution in [0.3, 0.4) is 0 Å². The lowest BCUT2D eigenvalue weighted by atomic mass is 10.1. The first kappa shape index (κ1) is 17.2. The van der Waals surface area contributed by atoms with Gasteiger partial charge < -0.3 is 15.9 Å². The number of aromatic nitrogens is 3. The molecule has 11 heteroatoms. The number of halogens is 4. The summed E-state index contributed by atoms with van der Waals surface area (Å²) in [6.45, 7) is 0.256. The van der Waals surface area contributed by atoms with Gasteiger partial charge in [-0.1, -0.05) is 16.8 Å². The number of oxime groups is 1. The van der Waals surface area contributed by atoms with Gasteiger partial charge in [-0.15, -0.1) is 0 Å². The van der Waals surface area contributed by atoms with Crippen molar-refractivity contribution in [2.45, 2.75) is 18.7 Å². The number of pyridine rings is 1. The SMILES string of the molecule is Nc1nccc(C2=NOC(CNc3ncc(C(F)(F)F)cc3Cl)C2)n1. The van der Waals surface area contributed by atoms with E-state index in [1.807, 2.05) is 0 Å². The Hall–Kier alpha value is -2.62. The van der Waals surface area contributed by atoms with E-state index >= 15 is 0 Å². The van der Waals surface area contributed by atoms with Gasteiger partial charge in [-0.25, -0.2) is 15.0 Å². The van der Waals surface area contributed by atoms with E-state index in [0.29, 0.717) is 17.8 Å². The van der Waals surface area contributed by atoms with Gasteiger partial charge in [0.1, 0.15) is 17.6 Å². The molecule has 0 radical (unpaired) electrons. The fourth-order valence-corrected chi connectivity index (χ4v) is 2.39. The van der Waals surface area contributed by atoms with Crippen LogP contribution in [-0.4, -0.2) is 33.3 Å². The van der Waals surface area contributed by atoms with Crippen molar-refractivity contribution in [3.05, 3.63) is 40.8 Å². The maximum atomic E-state index is 12.6. The molecule has 3 N–H and O–H groups in total. The topological polar surface area (TPSA) is 98.3 Å². The largest absolute Gasteiger partial charge is 0.417 e. The summed E-state index contributed by atoms with van der Waals surface area (Å²) in [5.74, 6) is 0.264. The summed E-state index contributed by atoms with van der Waals surface area (Å²) in [5.41, 5.74) is 5.77. The number of hydrogen-bond acceptors (Lipinski definition) is 7. The number of nitrogens with two attached hydrogens (primary N) is 1. The Kier molecular flexibility index (Phi) is 4.62. The molecule has 1 aliphatic heterocycles. The molecule has 0 saturated heterocycles. The van der Waals surface area contributed by atoms with E-state index < -0.39 is 11.7 Å². The van der Waals surface area contributed by atoms with Crippen molar-refractivity contribution in [1.82, 2.24) is 15.0 Å². The minimum Gasteiger partial charge on any atom is -0.390 e. The average Bonchev–Trinajstić information content (AvgIpc) is 3.02. The van der Waals surface area contributed by atoms with Crippen LogP contribution in [0.25, 0.3) is 0 Å². The molecule has 25 heavy (non-hydrogen) atoms. The van der Waals surface area contributed by atoms with E-state index in [1.165, 1.54) is 6.20 Å². The Morgan fingerprint density at radius 2 is 2.16 bits per heavy atom. The summed E-state index contributed by atoms with van der Waals surface area (Å²) in [4.78, 5) is 16.8. The van der Waals surface area contributed by atoms with Gasteiger partial charge in [0.15, 0.2) is 0 Å². The number of nitrogens with zero attached hydrogens (tertiary/aromatic N) is 4. The van der Waals surface area contributed by atoms with Crippen LogP contribution in [-0.2, 0) is 11.0 Å². The van der Waals surface area contributed by atoms with Gasteiger partial charge in [0.25, 0.3) is 0 Å². The summed E-state index contributed by atoms with van der Waals surface area (Å²) >= 11 is 5.84. The maximum Gasteiger partial charge on any atom is 0.417 e. The Bertz CT molecular complexity index is 813. The summed E-state index contributed by atoms with van der Waals surface area (Å²) in [6.07, 6.45) is -2.16. The zero-order valence-electron chi connectivity index (χ0n) is 12.6. The third-order valence-corrected chi connectivity index (χ3v) is 3.66. The summed E-state index contributed by atoms with van der Waals surface area (Å²) in [5, 5.41) is 6.66. The smallest absolute Gasteiger partial charge is 0.390 e. The molecule has 1 atom stereocenters. The molecule has 3 heterocycles. The van der Waals surface area contributed by atoms with Crippen molar-refractivity contribution in [3.63, 3.8) is 0 Å². The Balaban J connectivity index is 1.59. The number of anilines is 2. The van der Waals surface area contributed by atoms with Gasteiger partial charge in [0.05, 0.1) is 22.8 Å². The molecule has 3 rings (SSSR count). The number of nitrogens with one attached hydrogen (secondary N) is 1. The number of alkyl halides is 3. The molecule has 132 valence electrons. The highest BCUT2D eigenvalue weighted by molar-refractivity contribution is 6.32. The van der Waals surface area contributed by atoms with Gasteiger partial charge >= 0.3 is 6.18 Å². The molecule has 0 fully saturated rings. The van der Waals surface area contributed by atoms with Crippen molar-refractivity contribution >= 4 is 29.1 Å². The fourth-order valence-electron chi connectivity index (χ4n) is 2.16. The van der Waals surface area contributed by atoms with Crippen LogP contribution in [0.4, 0.5) is 24.9 Å². The molecule has 2 aromatic rings. The molecule has 1 unspecified atom stereocenters. The number of hydrogen-bond donors (Lipinski definition) is 2. The van der Waals surface area contributed by atoms with Crippen LogP contribution in [0, 0.1) is 0 Å². The first-order valence-electron chi connectivity index (χ1n) is 7.11. The van der Waals surface area contributed by atoms with Crippen LogP contribution in [0.1, 0.15) is 17.7 Å². The minimum atomic E-state index is -4.49. The highest BCUT2D eigenvalue weighted by Crippen LogP contribution is 2.32. The van der Waals surface area contributed by atoms with Crippen LogP contribution >= 0.6 is 11.6 Å². The quantitative estimate of drug-likeness (QED) is 0.856. The molecule has 0 aromatic carbocycles. The van der Waals surface area contributed by atoms with Crippen molar-refractivity contribution in [1.29, 1.82) is 0 Å². The molecule has 0 aliphatic carbocycles. The predicted octanol–water partition coefficient (Wildman–Crippen LogP) is 2.73. The van der Waals surface area contributed by atoms with E-state index in [-0.39, 0.29) is 29.4 Å². The van der Waals surface area contributed by atoms with E-state index in [0.717, 1.165) is 12.3 Å². The zero-order chi connectivity index (χ0) is 18.0. The molecular weight excluding hydrogens is 361 g/mol. The maximum absolute atomic E-state index is 12.6. The molecule has 0 amide bonds. The third-order valence-electron chi connectivity index (χ3n) is 3.37. The summed E-state index contributed by atoms with van der Waals surface area (Å²) in [7, 11) is 0. The number of nitrogen functional groups attached to an aromatic ring is 1. The van der Waals surface area contributed by atoms with Gasteiger partial charge in [-0.3, -0.25) is 0 Å². The van der Waals surface area contributed by atoms with Gasteiger partial charge in [-0.2, -0.15) is 13.2 Å². The summed E-state index contributed by atoms with van der Waals surface area (Å²) in [6, 6.07) is 2.47. The molecule has 2 aromatic heterocycles. The van der Waals surface area contributed by atoms with E-state index in [1.54, 1.807) is 6.07 Å². The summed E-state index contributed by atoms with van der Waals surface area (Å²) < 4.78 is 37.8. The normalized spacial score (nSPS) is 17.1. The molecule has 0 saturated carbocycles. The lowest BCUT2D eigenvalue weighted by Gasteiger charge is -2.13. The number of rotatable bonds is 4. The van der Waals surface area contributed by atoms with Crippen LogP contribution in [0.5, 0.6) is 0 Å². The first-order chi connectivity index (χ1) is 11.8. The van der Waals surface area contributed by atoms with E-state index in [4.69, 9.17) is 22.2 Å². The Labute approximate surface area is 145 Å². The molecule has 0 bridgehead atoms. The molecule has 0 spiro atoms. The lowest BCUT2D eigenvalue weighted by molar-refractivity contribution is -0.137. The van der Waals surface area contributed by atoms with Crippen molar-refractivity contribution in [3.8, 4) is 0 Å². The lowest BCUT2D eigenvalue weighted by Crippen LogP contribution is -2.21. The van der Waals surface area contributed by atoms with Crippen LogP contribution < -0.4 is 11.1 Å². The van der Waals surface area contributed by atoms with Crippen molar-refractivity contribution < 1.29 is 18.0 Å². The second-order valence-corrected chi connectivity index (χ2v) is 5.61. The Morgan fingerprint density at radius 1 is 1.36 bits per heavy atom. The monoisotopic (exact) mass is 372 g/mol. The molecular formula is C14H12ClF3N6O. The van der Waals surface area contributed by atoms with Crippen molar-refractivity contribution in [2.24, 2.45) is 5.16 Å². The molecule has 7 nitrogen and oxygen atoms in total. The van der Waals surface area contributed by atoms with Gasteiger partial charge in [0, 0.05) is 18.8 Å². The van der Waals surface area contributed by atoms with E-state index in [9.17, 15) is 13.2 Å². The predicted molar refractivity (Wildman–Crippen MR) is 85.2 cm³/mol. The second-order valence-electron chi connectivity index (χ2n) is 5.20. The van der Waals surface area contributed by atoms with Gasteiger partial charge in [-0.05, 0) is 12.1 Å². The highest BCUT2D eigenvalue weighted by Gasteiger charge is 2.31. The average molecular weight is 373 g/mol.